The molecule has 1 atom stereocenters. The minimum atomic E-state index is -0.911. The molecule has 0 aliphatic heterocycles. The van der Waals surface area contributed by atoms with Gasteiger partial charge in [-0.3, -0.25) is 10.1 Å². The second kappa shape index (κ2) is 5.74. The first-order valence-electron chi connectivity index (χ1n) is 6.45. The van der Waals surface area contributed by atoms with E-state index >= 15 is 0 Å². The second-order valence-corrected chi connectivity index (χ2v) is 4.68. The molecule has 0 fully saturated rings. The number of anilines is 1. The van der Waals surface area contributed by atoms with Gasteiger partial charge >= 0.3 is 5.97 Å². The maximum atomic E-state index is 11.2. The third kappa shape index (κ3) is 2.91. The molecule has 2 aromatic rings. The molecular weight excluding hydrogens is 274 g/mol. The second-order valence-electron chi connectivity index (χ2n) is 4.68. The number of likely N-dealkylation sites (N-methyl/N-ethyl adjacent to an activating group) is 1. The Labute approximate surface area is 121 Å². The number of nitro benzene ring substituents is 1. The van der Waals surface area contributed by atoms with Crippen molar-refractivity contribution in [2.75, 3.05) is 11.9 Å². The number of carboxylic acid groups (broad SMARTS) is 1. The molecule has 0 spiro atoms. The van der Waals surface area contributed by atoms with Gasteiger partial charge < -0.3 is 10.0 Å². The molecule has 0 bridgehead atoms. The number of hydrogen-bond acceptors (Lipinski definition) is 5. The number of hydrogen-bond donors (Lipinski definition) is 1. The molecule has 0 radical (unpaired) electrons. The standard InChI is InChI=1S/C14H15N3O4/c1-3-12(14(18)19)16(2)13-7-4-9-8-10(17(20)21)5-6-11(9)15-13/h4-8,12H,3H2,1-2H3,(H,18,19). The van der Waals surface area contributed by atoms with E-state index in [2.05, 4.69) is 4.98 Å². The number of benzene rings is 1. The van der Waals surface area contributed by atoms with E-state index in [9.17, 15) is 20.0 Å². The number of non-ortho nitro benzene ring substituents is 1. The van der Waals surface area contributed by atoms with E-state index in [-0.39, 0.29) is 5.69 Å². The van der Waals surface area contributed by atoms with Crippen molar-refractivity contribution >= 4 is 28.4 Å². The minimum Gasteiger partial charge on any atom is -0.480 e. The highest BCUT2D eigenvalue weighted by molar-refractivity contribution is 5.84. The lowest BCUT2D eigenvalue weighted by atomic mass is 10.1. The molecule has 21 heavy (non-hydrogen) atoms. The van der Waals surface area contributed by atoms with Gasteiger partial charge in [0.25, 0.3) is 5.69 Å². The summed E-state index contributed by atoms with van der Waals surface area (Å²) in [6, 6.07) is 7.10. The number of pyridine rings is 1. The van der Waals surface area contributed by atoms with Crippen molar-refractivity contribution in [2.24, 2.45) is 0 Å². The number of aliphatic carboxylic acids is 1. The summed E-state index contributed by atoms with van der Waals surface area (Å²) < 4.78 is 0. The number of aromatic nitrogens is 1. The molecular formula is C14H15N3O4. The summed E-state index contributed by atoms with van der Waals surface area (Å²) in [6.07, 6.45) is 0.450. The van der Waals surface area contributed by atoms with Gasteiger partial charge in [0.05, 0.1) is 10.4 Å². The van der Waals surface area contributed by atoms with Gasteiger partial charge in [-0.2, -0.15) is 0 Å². The maximum absolute atomic E-state index is 11.2. The Balaban J connectivity index is 2.41. The molecule has 1 aromatic heterocycles. The number of fused-ring (bicyclic) bond motifs is 1. The topological polar surface area (TPSA) is 96.6 Å². The van der Waals surface area contributed by atoms with E-state index in [0.29, 0.717) is 23.1 Å². The van der Waals surface area contributed by atoms with Crippen LogP contribution in [0, 0.1) is 10.1 Å². The van der Waals surface area contributed by atoms with Gasteiger partial charge in [0.2, 0.25) is 0 Å². The zero-order chi connectivity index (χ0) is 15.6. The van der Waals surface area contributed by atoms with Crippen LogP contribution >= 0.6 is 0 Å². The lowest BCUT2D eigenvalue weighted by molar-refractivity contribution is -0.384. The van der Waals surface area contributed by atoms with Gasteiger partial charge in [-0.05, 0) is 24.6 Å². The van der Waals surface area contributed by atoms with E-state index < -0.39 is 16.9 Å². The molecule has 7 heteroatoms. The van der Waals surface area contributed by atoms with Crippen molar-refractivity contribution in [1.82, 2.24) is 4.98 Å². The van der Waals surface area contributed by atoms with E-state index in [1.54, 1.807) is 37.1 Å². The Morgan fingerprint density at radius 3 is 2.71 bits per heavy atom. The van der Waals surface area contributed by atoms with Crippen LogP contribution < -0.4 is 4.90 Å². The van der Waals surface area contributed by atoms with Crippen LogP contribution in [0.3, 0.4) is 0 Å². The van der Waals surface area contributed by atoms with Crippen molar-refractivity contribution in [3.8, 4) is 0 Å². The average molecular weight is 289 g/mol. The summed E-state index contributed by atoms with van der Waals surface area (Å²) in [6.45, 7) is 1.79. The van der Waals surface area contributed by atoms with Crippen molar-refractivity contribution in [2.45, 2.75) is 19.4 Å². The SMILES string of the molecule is CCC(C(=O)O)N(C)c1ccc2cc([N+](=O)[O-])ccc2n1. The highest BCUT2D eigenvalue weighted by Crippen LogP contribution is 2.23. The van der Waals surface area contributed by atoms with Gasteiger partial charge in [0.1, 0.15) is 11.9 Å². The molecule has 0 saturated heterocycles. The van der Waals surface area contributed by atoms with Crippen LogP contribution in [0.25, 0.3) is 10.9 Å². The maximum Gasteiger partial charge on any atom is 0.326 e. The lowest BCUT2D eigenvalue weighted by Crippen LogP contribution is -2.38. The Hall–Kier alpha value is -2.70. The van der Waals surface area contributed by atoms with E-state index in [1.807, 2.05) is 0 Å². The summed E-state index contributed by atoms with van der Waals surface area (Å²) in [5.41, 5.74) is 0.590. The van der Waals surface area contributed by atoms with Gasteiger partial charge in [-0.1, -0.05) is 6.92 Å². The van der Waals surface area contributed by atoms with E-state index in [0.717, 1.165) is 0 Å². The summed E-state index contributed by atoms with van der Waals surface area (Å²) in [7, 11) is 1.67. The first kappa shape index (κ1) is 14.7. The van der Waals surface area contributed by atoms with Crippen LogP contribution in [0.1, 0.15) is 13.3 Å². The zero-order valence-electron chi connectivity index (χ0n) is 11.7. The van der Waals surface area contributed by atoms with Gasteiger partial charge in [0.15, 0.2) is 0 Å². The minimum absolute atomic E-state index is 0.00220. The van der Waals surface area contributed by atoms with Crippen molar-refractivity contribution < 1.29 is 14.8 Å². The quantitative estimate of drug-likeness (QED) is 0.670. The summed E-state index contributed by atoms with van der Waals surface area (Å²) >= 11 is 0. The molecule has 1 unspecified atom stereocenters. The predicted molar refractivity (Wildman–Crippen MR) is 78.5 cm³/mol. The lowest BCUT2D eigenvalue weighted by Gasteiger charge is -2.24. The molecule has 110 valence electrons. The summed E-state index contributed by atoms with van der Waals surface area (Å²) in [5.74, 6) is -0.392. The van der Waals surface area contributed by atoms with Crippen LogP contribution in [0.15, 0.2) is 30.3 Å². The summed E-state index contributed by atoms with van der Waals surface area (Å²) in [5, 5.41) is 20.5. The van der Waals surface area contributed by atoms with Gasteiger partial charge in [-0.25, -0.2) is 9.78 Å². The molecule has 2 rings (SSSR count). The molecule has 1 aromatic carbocycles. The molecule has 0 aliphatic carbocycles. The molecule has 7 nitrogen and oxygen atoms in total. The van der Waals surface area contributed by atoms with Crippen molar-refractivity contribution in [3.63, 3.8) is 0 Å². The smallest absolute Gasteiger partial charge is 0.326 e. The molecule has 0 amide bonds. The van der Waals surface area contributed by atoms with Crippen molar-refractivity contribution in [3.05, 3.63) is 40.4 Å². The van der Waals surface area contributed by atoms with Crippen LogP contribution in [0.5, 0.6) is 0 Å². The normalized spacial score (nSPS) is 12.1. The third-order valence-electron chi connectivity index (χ3n) is 3.37. The number of nitrogens with zero attached hydrogens (tertiary/aromatic N) is 3. The highest BCUT2D eigenvalue weighted by Gasteiger charge is 2.21. The van der Waals surface area contributed by atoms with Crippen molar-refractivity contribution in [1.29, 1.82) is 0 Å². The molecule has 0 aliphatic rings. The summed E-state index contributed by atoms with van der Waals surface area (Å²) in [4.78, 5) is 27.4. The van der Waals surface area contributed by atoms with Crippen LogP contribution in [0.4, 0.5) is 11.5 Å². The third-order valence-corrected chi connectivity index (χ3v) is 3.37. The Bertz CT molecular complexity index is 702. The fraction of sp³-hybridized carbons (Fsp3) is 0.286. The Morgan fingerprint density at radius 2 is 2.14 bits per heavy atom. The number of rotatable bonds is 5. The fourth-order valence-electron chi connectivity index (χ4n) is 2.19. The molecule has 1 heterocycles. The Morgan fingerprint density at radius 1 is 1.43 bits per heavy atom. The largest absolute Gasteiger partial charge is 0.480 e. The first-order valence-corrected chi connectivity index (χ1v) is 6.45. The zero-order valence-corrected chi connectivity index (χ0v) is 11.7. The highest BCUT2D eigenvalue weighted by atomic mass is 16.6. The first-order chi connectivity index (χ1) is 9.93. The van der Waals surface area contributed by atoms with E-state index in [1.165, 1.54) is 12.1 Å². The molecule has 0 saturated carbocycles. The van der Waals surface area contributed by atoms with Gasteiger partial charge in [-0.15, -0.1) is 0 Å². The predicted octanol–water partition coefficient (Wildman–Crippen LogP) is 2.44. The Kier molecular flexibility index (Phi) is 4.02. The van der Waals surface area contributed by atoms with Crippen LogP contribution in [-0.2, 0) is 4.79 Å². The average Bonchev–Trinajstić information content (AvgIpc) is 2.46. The molecule has 1 N–H and O–H groups in total. The number of carbonyl (C=O) groups is 1. The van der Waals surface area contributed by atoms with Crippen LogP contribution in [-0.4, -0.2) is 34.1 Å². The fourth-order valence-corrected chi connectivity index (χ4v) is 2.19. The number of carboxylic acids is 1. The van der Waals surface area contributed by atoms with E-state index in [4.69, 9.17) is 0 Å². The monoisotopic (exact) mass is 289 g/mol. The van der Waals surface area contributed by atoms with Gasteiger partial charge in [0, 0.05) is 24.6 Å². The number of nitro groups is 1. The van der Waals surface area contributed by atoms with Crippen LogP contribution in [0.2, 0.25) is 0 Å².